The van der Waals surface area contributed by atoms with E-state index in [1.807, 2.05) is 73.7 Å². The number of hydrogen-bond acceptors (Lipinski definition) is 2. The predicted molar refractivity (Wildman–Crippen MR) is 112 cm³/mol. The maximum atomic E-state index is 13.1. The van der Waals surface area contributed by atoms with Crippen LogP contribution in [0.3, 0.4) is 0 Å². The summed E-state index contributed by atoms with van der Waals surface area (Å²) in [7, 11) is 1.63. The van der Waals surface area contributed by atoms with Crippen molar-refractivity contribution in [2.45, 2.75) is 6.92 Å². The third kappa shape index (κ3) is 4.78. The number of halogens is 1. The lowest BCUT2D eigenvalue weighted by Gasteiger charge is -2.12. The summed E-state index contributed by atoms with van der Waals surface area (Å²) in [5, 5.41) is 3.56. The number of anilines is 1. The smallest absolute Gasteiger partial charge is 0.256 e. The second kappa shape index (κ2) is 8.56. The van der Waals surface area contributed by atoms with E-state index in [2.05, 4.69) is 5.32 Å². The third-order valence-electron chi connectivity index (χ3n) is 4.20. The molecular weight excluding hydrogens is 358 g/mol. The number of amides is 1. The first-order chi connectivity index (χ1) is 13.1. The van der Waals surface area contributed by atoms with Gasteiger partial charge in [0.2, 0.25) is 0 Å². The number of carbonyl (C=O) groups is 1. The topological polar surface area (TPSA) is 38.3 Å². The minimum atomic E-state index is -0.192. The fraction of sp³-hybridized carbons (Fsp3) is 0.0870. The number of nitrogens with one attached hydrogen (secondary N) is 1. The largest absolute Gasteiger partial charge is 0.497 e. The van der Waals surface area contributed by atoms with Gasteiger partial charge in [-0.1, -0.05) is 60.1 Å². The van der Waals surface area contributed by atoms with Crippen molar-refractivity contribution in [3.8, 4) is 5.75 Å². The number of benzene rings is 3. The van der Waals surface area contributed by atoms with Crippen molar-refractivity contribution < 1.29 is 9.53 Å². The monoisotopic (exact) mass is 377 g/mol. The van der Waals surface area contributed by atoms with E-state index in [0.717, 1.165) is 22.4 Å². The third-order valence-corrected chi connectivity index (χ3v) is 4.44. The summed E-state index contributed by atoms with van der Waals surface area (Å²) in [4.78, 5) is 13.1. The molecule has 0 aromatic heterocycles. The number of aryl methyl sites for hydroxylation is 1. The molecule has 0 aliphatic rings. The van der Waals surface area contributed by atoms with Gasteiger partial charge in [-0.3, -0.25) is 4.79 Å². The number of ether oxygens (including phenoxy) is 1. The highest BCUT2D eigenvalue weighted by Gasteiger charge is 2.14. The van der Waals surface area contributed by atoms with Crippen LogP contribution in [0.4, 0.5) is 5.69 Å². The molecule has 0 aliphatic carbocycles. The van der Waals surface area contributed by atoms with Crippen LogP contribution < -0.4 is 10.1 Å². The van der Waals surface area contributed by atoms with Gasteiger partial charge < -0.3 is 10.1 Å². The summed E-state index contributed by atoms with van der Waals surface area (Å²) < 4.78 is 5.20. The molecule has 3 aromatic rings. The van der Waals surface area contributed by atoms with Crippen molar-refractivity contribution in [2.24, 2.45) is 0 Å². The molecule has 0 aliphatic heterocycles. The fourth-order valence-corrected chi connectivity index (χ4v) is 2.86. The second-order valence-corrected chi connectivity index (χ2v) is 6.55. The summed E-state index contributed by atoms with van der Waals surface area (Å²) in [5.74, 6) is 0.579. The van der Waals surface area contributed by atoms with Gasteiger partial charge in [-0.05, 0) is 54.0 Å². The lowest BCUT2D eigenvalue weighted by Crippen LogP contribution is -2.14. The van der Waals surface area contributed by atoms with Crippen LogP contribution in [0.25, 0.3) is 11.6 Å². The molecule has 27 heavy (non-hydrogen) atoms. The van der Waals surface area contributed by atoms with Gasteiger partial charge >= 0.3 is 0 Å². The van der Waals surface area contributed by atoms with Crippen LogP contribution in [0.5, 0.6) is 5.75 Å². The van der Waals surface area contributed by atoms with E-state index in [9.17, 15) is 4.79 Å². The first-order valence-corrected chi connectivity index (χ1v) is 8.93. The van der Waals surface area contributed by atoms with Gasteiger partial charge in [0.15, 0.2) is 0 Å². The second-order valence-electron chi connectivity index (χ2n) is 6.11. The van der Waals surface area contributed by atoms with Crippen LogP contribution in [0.15, 0.2) is 72.8 Å². The van der Waals surface area contributed by atoms with Crippen LogP contribution in [0.1, 0.15) is 16.7 Å². The first-order valence-electron chi connectivity index (χ1n) is 8.55. The van der Waals surface area contributed by atoms with E-state index >= 15 is 0 Å². The van der Waals surface area contributed by atoms with Gasteiger partial charge in [-0.15, -0.1) is 0 Å². The highest BCUT2D eigenvalue weighted by atomic mass is 35.5. The van der Waals surface area contributed by atoms with Crippen LogP contribution in [0, 0.1) is 6.92 Å². The Morgan fingerprint density at radius 2 is 1.70 bits per heavy atom. The van der Waals surface area contributed by atoms with E-state index < -0.39 is 0 Å². The molecule has 3 rings (SSSR count). The van der Waals surface area contributed by atoms with E-state index in [1.54, 1.807) is 19.2 Å². The molecule has 0 unspecified atom stereocenters. The van der Waals surface area contributed by atoms with E-state index in [0.29, 0.717) is 16.3 Å². The molecule has 0 saturated heterocycles. The highest BCUT2D eigenvalue weighted by Crippen LogP contribution is 2.25. The van der Waals surface area contributed by atoms with Crippen molar-refractivity contribution in [3.63, 3.8) is 0 Å². The zero-order chi connectivity index (χ0) is 19.2. The van der Waals surface area contributed by atoms with Crippen molar-refractivity contribution >= 4 is 34.8 Å². The van der Waals surface area contributed by atoms with Crippen molar-refractivity contribution in [1.29, 1.82) is 0 Å². The quantitative estimate of drug-likeness (QED) is 0.448. The highest BCUT2D eigenvalue weighted by molar-refractivity contribution is 6.32. The Bertz CT molecular complexity index is 963. The Morgan fingerprint density at radius 1 is 1.00 bits per heavy atom. The molecule has 0 spiro atoms. The first kappa shape index (κ1) is 18.7. The van der Waals surface area contributed by atoms with Gasteiger partial charge in [0.1, 0.15) is 5.75 Å². The van der Waals surface area contributed by atoms with Gasteiger partial charge in [0, 0.05) is 16.3 Å². The zero-order valence-corrected chi connectivity index (χ0v) is 16.0. The normalized spacial score (nSPS) is 11.1. The lowest BCUT2D eigenvalue weighted by molar-refractivity contribution is -0.111. The number of rotatable bonds is 5. The summed E-state index contributed by atoms with van der Waals surface area (Å²) in [6.07, 6.45) is 1.87. The Kier molecular flexibility index (Phi) is 5.94. The van der Waals surface area contributed by atoms with Gasteiger partial charge in [0.05, 0.1) is 7.11 Å². The minimum absolute atomic E-state index is 0.192. The average Bonchev–Trinajstić information content (AvgIpc) is 2.70. The van der Waals surface area contributed by atoms with Crippen LogP contribution in [-0.2, 0) is 4.79 Å². The standard InChI is InChI=1S/C23H20ClNO2/c1-16-8-11-19(24)15-22(16)25-23(26)21(18-6-4-3-5-7-18)14-17-9-12-20(27-2)13-10-17/h3-15H,1-2H3,(H,25,26)/b21-14+. The Balaban J connectivity index is 1.97. The molecule has 1 amide bonds. The molecule has 0 heterocycles. The summed E-state index contributed by atoms with van der Waals surface area (Å²) in [5.41, 5.74) is 3.96. The summed E-state index contributed by atoms with van der Waals surface area (Å²) in [6.45, 7) is 1.93. The van der Waals surface area contributed by atoms with Gasteiger partial charge in [-0.2, -0.15) is 0 Å². The molecular formula is C23H20ClNO2. The molecule has 136 valence electrons. The Hall–Kier alpha value is -3.04. The van der Waals surface area contributed by atoms with Crippen LogP contribution in [0.2, 0.25) is 5.02 Å². The molecule has 0 atom stereocenters. The van der Waals surface area contributed by atoms with Crippen molar-refractivity contribution in [3.05, 3.63) is 94.5 Å². The molecule has 3 nitrogen and oxygen atoms in total. The SMILES string of the molecule is COc1ccc(/C=C(/C(=O)Nc2cc(Cl)ccc2C)c2ccccc2)cc1. The fourth-order valence-electron chi connectivity index (χ4n) is 2.68. The Morgan fingerprint density at radius 3 is 2.37 bits per heavy atom. The number of methoxy groups -OCH3 is 1. The zero-order valence-electron chi connectivity index (χ0n) is 15.2. The number of hydrogen-bond donors (Lipinski definition) is 1. The Labute approximate surface area is 164 Å². The molecule has 0 radical (unpaired) electrons. The van der Waals surface area contributed by atoms with Gasteiger partial charge in [0.25, 0.3) is 5.91 Å². The predicted octanol–water partition coefficient (Wildman–Crippen LogP) is 5.84. The van der Waals surface area contributed by atoms with Crippen LogP contribution >= 0.6 is 11.6 Å². The average molecular weight is 378 g/mol. The van der Waals surface area contributed by atoms with Gasteiger partial charge in [-0.25, -0.2) is 0 Å². The van der Waals surface area contributed by atoms with E-state index in [1.165, 1.54) is 0 Å². The van der Waals surface area contributed by atoms with Crippen LogP contribution in [-0.4, -0.2) is 13.0 Å². The molecule has 3 aromatic carbocycles. The maximum Gasteiger partial charge on any atom is 0.256 e. The molecule has 0 bridgehead atoms. The lowest BCUT2D eigenvalue weighted by atomic mass is 10.0. The molecule has 1 N–H and O–H groups in total. The van der Waals surface area contributed by atoms with Crippen molar-refractivity contribution in [2.75, 3.05) is 12.4 Å². The molecule has 0 saturated carbocycles. The minimum Gasteiger partial charge on any atom is -0.497 e. The summed E-state index contributed by atoms with van der Waals surface area (Å²) >= 11 is 6.08. The number of carbonyl (C=O) groups excluding carboxylic acids is 1. The van der Waals surface area contributed by atoms with E-state index in [-0.39, 0.29) is 5.91 Å². The van der Waals surface area contributed by atoms with E-state index in [4.69, 9.17) is 16.3 Å². The maximum absolute atomic E-state index is 13.1. The summed E-state index contributed by atoms with van der Waals surface area (Å²) in [6, 6.07) is 22.6. The molecule has 4 heteroatoms. The van der Waals surface area contributed by atoms with Crippen molar-refractivity contribution in [1.82, 2.24) is 0 Å². The molecule has 0 fully saturated rings.